The molecule has 0 fully saturated rings. The summed E-state index contributed by atoms with van der Waals surface area (Å²) in [6.45, 7) is 6.19. The highest BCUT2D eigenvalue weighted by molar-refractivity contribution is 8.04. The number of nitrogens with zero attached hydrogens (tertiary/aromatic N) is 3. The van der Waals surface area contributed by atoms with Crippen molar-refractivity contribution < 1.29 is 19.1 Å². The van der Waals surface area contributed by atoms with E-state index in [4.69, 9.17) is 4.74 Å². The van der Waals surface area contributed by atoms with Gasteiger partial charge in [-0.05, 0) is 61.9 Å². The summed E-state index contributed by atoms with van der Waals surface area (Å²) in [5.41, 5.74) is 3.31. The van der Waals surface area contributed by atoms with Crippen LogP contribution in [-0.4, -0.2) is 39.3 Å². The Labute approximate surface area is 220 Å². The van der Waals surface area contributed by atoms with Gasteiger partial charge in [0.1, 0.15) is 10.6 Å². The molecule has 0 atom stereocenters. The van der Waals surface area contributed by atoms with Crippen LogP contribution in [0.3, 0.4) is 0 Å². The molecule has 1 N–H and O–H groups in total. The summed E-state index contributed by atoms with van der Waals surface area (Å²) >= 11 is 1.05. The van der Waals surface area contributed by atoms with Crippen LogP contribution in [0.15, 0.2) is 76.4 Å². The SMILES string of the molecule is CCCCOC(=O)c1cccc(NC2=C(Sc3nc(C)cc(C)n3)C(=O)N(Cc3ccccc3)C2=O)c1. The van der Waals surface area contributed by atoms with Crippen molar-refractivity contribution in [1.82, 2.24) is 14.9 Å². The fourth-order valence-corrected chi connectivity index (χ4v) is 4.76. The lowest BCUT2D eigenvalue weighted by Crippen LogP contribution is -2.31. The summed E-state index contributed by atoms with van der Waals surface area (Å²) in [6.07, 6.45) is 1.70. The molecule has 0 aliphatic carbocycles. The molecule has 4 rings (SSSR count). The monoisotopic (exact) mass is 516 g/mol. The highest BCUT2D eigenvalue weighted by Gasteiger charge is 2.39. The van der Waals surface area contributed by atoms with E-state index in [1.807, 2.05) is 57.2 Å². The molecule has 3 aromatic rings. The third-order valence-corrected chi connectivity index (χ3v) is 6.51. The quantitative estimate of drug-likeness (QED) is 0.173. The summed E-state index contributed by atoms with van der Waals surface area (Å²) < 4.78 is 5.31. The van der Waals surface area contributed by atoms with Gasteiger partial charge in [-0.15, -0.1) is 0 Å². The molecule has 1 aliphatic rings. The van der Waals surface area contributed by atoms with E-state index >= 15 is 0 Å². The van der Waals surface area contributed by atoms with Crippen LogP contribution in [0.1, 0.15) is 47.1 Å². The molecule has 2 aromatic carbocycles. The fourth-order valence-electron chi connectivity index (χ4n) is 3.76. The maximum Gasteiger partial charge on any atom is 0.338 e. The number of imide groups is 1. The standard InChI is InChI=1S/C28H28N4O4S/c1-4-5-14-36-27(35)21-12-9-13-22(16-21)31-23-24(37-28-29-18(2)15-19(3)30-28)26(34)32(25(23)33)17-20-10-7-6-8-11-20/h6-13,15-16,31H,4-5,14,17H2,1-3H3. The Morgan fingerprint density at radius 2 is 1.70 bits per heavy atom. The number of ether oxygens (including phenoxy) is 1. The lowest BCUT2D eigenvalue weighted by Gasteiger charge is -2.15. The van der Waals surface area contributed by atoms with Gasteiger partial charge >= 0.3 is 5.97 Å². The van der Waals surface area contributed by atoms with Crippen LogP contribution in [0, 0.1) is 13.8 Å². The molecular formula is C28H28N4O4S. The second-order valence-electron chi connectivity index (χ2n) is 8.62. The molecule has 0 spiro atoms. The van der Waals surface area contributed by atoms with Gasteiger partial charge in [-0.25, -0.2) is 14.8 Å². The number of hydrogen-bond acceptors (Lipinski definition) is 8. The first-order valence-electron chi connectivity index (χ1n) is 12.0. The van der Waals surface area contributed by atoms with E-state index in [2.05, 4.69) is 15.3 Å². The first-order valence-corrected chi connectivity index (χ1v) is 12.9. The summed E-state index contributed by atoms with van der Waals surface area (Å²) in [4.78, 5) is 49.7. The van der Waals surface area contributed by atoms with E-state index < -0.39 is 17.8 Å². The number of rotatable bonds is 10. The third-order valence-electron chi connectivity index (χ3n) is 5.56. The van der Waals surface area contributed by atoms with Crippen molar-refractivity contribution in [2.45, 2.75) is 45.3 Å². The number of carbonyl (C=O) groups is 3. The number of anilines is 1. The van der Waals surface area contributed by atoms with Crippen molar-refractivity contribution >= 4 is 35.2 Å². The first kappa shape index (κ1) is 26.1. The number of carbonyl (C=O) groups excluding carboxylic acids is 3. The molecule has 9 heteroatoms. The highest BCUT2D eigenvalue weighted by Crippen LogP contribution is 2.35. The summed E-state index contributed by atoms with van der Waals surface area (Å²) in [7, 11) is 0. The largest absolute Gasteiger partial charge is 0.462 e. The average molecular weight is 517 g/mol. The molecular weight excluding hydrogens is 488 g/mol. The van der Waals surface area contributed by atoms with Gasteiger partial charge in [0.2, 0.25) is 0 Å². The number of nitrogens with one attached hydrogen (secondary N) is 1. The molecule has 0 unspecified atom stereocenters. The Hall–Kier alpha value is -3.98. The number of aromatic nitrogens is 2. The minimum Gasteiger partial charge on any atom is -0.462 e. The Bertz CT molecular complexity index is 1340. The zero-order valence-corrected chi connectivity index (χ0v) is 21.8. The van der Waals surface area contributed by atoms with Crippen LogP contribution in [0.4, 0.5) is 5.69 Å². The normalized spacial score (nSPS) is 13.3. The van der Waals surface area contributed by atoms with Crippen LogP contribution in [0.5, 0.6) is 0 Å². The minimum absolute atomic E-state index is 0.116. The second-order valence-corrected chi connectivity index (χ2v) is 9.59. The lowest BCUT2D eigenvalue weighted by atomic mass is 10.2. The van der Waals surface area contributed by atoms with Crippen molar-refractivity contribution in [2.75, 3.05) is 11.9 Å². The first-order chi connectivity index (χ1) is 17.9. The Balaban J connectivity index is 1.65. The second kappa shape index (κ2) is 11.8. The molecule has 2 heterocycles. The van der Waals surface area contributed by atoms with Gasteiger partial charge in [0, 0.05) is 17.1 Å². The summed E-state index contributed by atoms with van der Waals surface area (Å²) in [5.74, 6) is -1.33. The van der Waals surface area contributed by atoms with Crippen LogP contribution in [0.2, 0.25) is 0 Å². The van der Waals surface area contributed by atoms with E-state index in [9.17, 15) is 14.4 Å². The fraction of sp³-hybridized carbons (Fsp3) is 0.250. The van der Waals surface area contributed by atoms with Gasteiger partial charge < -0.3 is 10.1 Å². The van der Waals surface area contributed by atoms with Crippen LogP contribution in [-0.2, 0) is 20.9 Å². The van der Waals surface area contributed by atoms with E-state index in [1.165, 1.54) is 4.90 Å². The molecule has 0 saturated heterocycles. The van der Waals surface area contributed by atoms with Crippen LogP contribution < -0.4 is 5.32 Å². The smallest absolute Gasteiger partial charge is 0.338 e. The molecule has 1 aliphatic heterocycles. The van der Waals surface area contributed by atoms with Crippen LogP contribution in [0.25, 0.3) is 0 Å². The number of amides is 2. The number of unbranched alkanes of at least 4 members (excludes halogenated alkanes) is 1. The molecule has 0 saturated carbocycles. The van der Waals surface area contributed by atoms with Gasteiger partial charge in [0.05, 0.1) is 18.7 Å². The van der Waals surface area contributed by atoms with Crippen molar-refractivity contribution in [3.63, 3.8) is 0 Å². The highest BCUT2D eigenvalue weighted by atomic mass is 32.2. The average Bonchev–Trinajstić information content (AvgIpc) is 3.08. The zero-order chi connectivity index (χ0) is 26.4. The van der Waals surface area contributed by atoms with E-state index in [-0.39, 0.29) is 17.1 Å². The zero-order valence-electron chi connectivity index (χ0n) is 21.0. The van der Waals surface area contributed by atoms with E-state index in [0.29, 0.717) is 23.0 Å². The lowest BCUT2D eigenvalue weighted by molar-refractivity contribution is -0.137. The van der Waals surface area contributed by atoms with E-state index in [1.54, 1.807) is 24.3 Å². The van der Waals surface area contributed by atoms with Crippen molar-refractivity contribution in [3.05, 3.63) is 93.8 Å². The molecule has 1 aromatic heterocycles. The van der Waals surface area contributed by atoms with Crippen molar-refractivity contribution in [1.29, 1.82) is 0 Å². The van der Waals surface area contributed by atoms with Gasteiger partial charge in [-0.3, -0.25) is 14.5 Å². The maximum absolute atomic E-state index is 13.5. The van der Waals surface area contributed by atoms with Crippen molar-refractivity contribution in [3.8, 4) is 0 Å². The summed E-state index contributed by atoms with van der Waals surface area (Å²) in [6, 6.07) is 17.8. The molecule has 190 valence electrons. The van der Waals surface area contributed by atoms with Crippen molar-refractivity contribution in [2.24, 2.45) is 0 Å². The Kier molecular flexibility index (Phi) is 8.35. The number of benzene rings is 2. The number of esters is 1. The Morgan fingerprint density at radius 1 is 0.973 bits per heavy atom. The van der Waals surface area contributed by atoms with Gasteiger partial charge in [-0.2, -0.15) is 0 Å². The predicted molar refractivity (Wildman–Crippen MR) is 142 cm³/mol. The molecule has 37 heavy (non-hydrogen) atoms. The summed E-state index contributed by atoms with van der Waals surface area (Å²) in [5, 5.41) is 3.46. The van der Waals surface area contributed by atoms with Crippen LogP contribution >= 0.6 is 11.8 Å². The Morgan fingerprint density at radius 3 is 2.41 bits per heavy atom. The van der Waals surface area contributed by atoms with Gasteiger partial charge in [0.25, 0.3) is 11.8 Å². The predicted octanol–water partition coefficient (Wildman–Crippen LogP) is 5.04. The van der Waals surface area contributed by atoms with E-state index in [0.717, 1.165) is 41.6 Å². The molecule has 8 nitrogen and oxygen atoms in total. The third kappa shape index (κ3) is 6.42. The van der Waals surface area contributed by atoms with Gasteiger partial charge in [0.15, 0.2) is 5.16 Å². The number of aryl methyl sites for hydroxylation is 2. The molecule has 0 radical (unpaired) electrons. The number of thioether (sulfide) groups is 1. The molecule has 0 bridgehead atoms. The topological polar surface area (TPSA) is 101 Å². The molecule has 2 amide bonds. The number of hydrogen-bond donors (Lipinski definition) is 1. The maximum atomic E-state index is 13.5. The minimum atomic E-state index is -0.461. The van der Waals surface area contributed by atoms with Gasteiger partial charge in [-0.1, -0.05) is 49.7 Å².